The summed E-state index contributed by atoms with van der Waals surface area (Å²) in [5, 5.41) is 0. The van der Waals surface area contributed by atoms with Crippen molar-refractivity contribution < 1.29 is 22.4 Å². The summed E-state index contributed by atoms with van der Waals surface area (Å²) >= 11 is 0. The number of hydrazine groups is 1. The van der Waals surface area contributed by atoms with E-state index in [0.29, 0.717) is 6.42 Å². The van der Waals surface area contributed by atoms with Gasteiger partial charge in [0.1, 0.15) is 5.82 Å². The van der Waals surface area contributed by atoms with Crippen LogP contribution < -0.4 is 10.9 Å². The Balaban J connectivity index is 2.41. The SMILES string of the molecule is CC(C)CC(=O)NNC(=O)CCCN(C)S(=O)(=O)c1ccc(F)cc1. The van der Waals surface area contributed by atoms with E-state index in [0.717, 1.165) is 16.4 Å². The molecular formula is C16H24FN3O4S. The highest BCUT2D eigenvalue weighted by Crippen LogP contribution is 2.15. The maximum atomic E-state index is 12.9. The molecule has 0 aliphatic heterocycles. The van der Waals surface area contributed by atoms with Gasteiger partial charge < -0.3 is 0 Å². The van der Waals surface area contributed by atoms with Crippen LogP contribution in [0.4, 0.5) is 4.39 Å². The average Bonchev–Trinajstić information content (AvgIpc) is 2.52. The molecule has 25 heavy (non-hydrogen) atoms. The van der Waals surface area contributed by atoms with Crippen molar-refractivity contribution in [1.29, 1.82) is 0 Å². The maximum Gasteiger partial charge on any atom is 0.242 e. The van der Waals surface area contributed by atoms with Crippen molar-refractivity contribution in [2.45, 2.75) is 38.0 Å². The average molecular weight is 373 g/mol. The first-order chi connectivity index (χ1) is 11.6. The second kappa shape index (κ2) is 9.47. The number of nitrogens with zero attached hydrogens (tertiary/aromatic N) is 1. The third-order valence-electron chi connectivity index (χ3n) is 3.33. The molecule has 0 unspecified atom stereocenters. The zero-order chi connectivity index (χ0) is 19.0. The highest BCUT2D eigenvalue weighted by Gasteiger charge is 2.20. The Hall–Kier alpha value is -2.00. The number of carbonyl (C=O) groups is 2. The van der Waals surface area contributed by atoms with Crippen LogP contribution in [0.3, 0.4) is 0 Å². The van der Waals surface area contributed by atoms with Crippen LogP contribution in [-0.4, -0.2) is 38.1 Å². The minimum absolute atomic E-state index is 0.0122. The fraction of sp³-hybridized carbons (Fsp3) is 0.500. The molecule has 1 aromatic carbocycles. The van der Waals surface area contributed by atoms with Gasteiger partial charge in [0, 0.05) is 26.4 Å². The van der Waals surface area contributed by atoms with Crippen molar-refractivity contribution in [3.8, 4) is 0 Å². The predicted octanol–water partition coefficient (Wildman–Crippen LogP) is 1.42. The zero-order valence-corrected chi connectivity index (χ0v) is 15.4. The minimum atomic E-state index is -3.73. The molecule has 0 saturated carbocycles. The van der Waals surface area contributed by atoms with E-state index in [1.165, 1.54) is 19.2 Å². The lowest BCUT2D eigenvalue weighted by atomic mass is 10.1. The van der Waals surface area contributed by atoms with Crippen molar-refractivity contribution >= 4 is 21.8 Å². The Morgan fingerprint density at radius 2 is 1.68 bits per heavy atom. The molecule has 1 aromatic rings. The number of nitrogens with one attached hydrogen (secondary N) is 2. The van der Waals surface area contributed by atoms with Crippen LogP contribution in [-0.2, 0) is 19.6 Å². The van der Waals surface area contributed by atoms with E-state index in [9.17, 15) is 22.4 Å². The van der Waals surface area contributed by atoms with Gasteiger partial charge in [-0.15, -0.1) is 0 Å². The van der Waals surface area contributed by atoms with Gasteiger partial charge in [-0.1, -0.05) is 13.8 Å². The zero-order valence-electron chi connectivity index (χ0n) is 14.6. The maximum absolute atomic E-state index is 12.9. The molecule has 7 nitrogen and oxygen atoms in total. The summed E-state index contributed by atoms with van der Waals surface area (Å²) < 4.78 is 38.6. The van der Waals surface area contributed by atoms with Gasteiger partial charge >= 0.3 is 0 Å². The van der Waals surface area contributed by atoms with Gasteiger partial charge in [-0.2, -0.15) is 0 Å². The molecular weight excluding hydrogens is 349 g/mol. The standard InChI is InChI=1S/C16H24FN3O4S/c1-12(2)11-16(22)19-18-15(21)5-4-10-20(3)25(23,24)14-8-6-13(17)7-9-14/h6-9,12H,4-5,10-11H2,1-3H3,(H,18,21)(H,19,22). The lowest BCUT2D eigenvalue weighted by molar-refractivity contribution is -0.129. The van der Waals surface area contributed by atoms with Gasteiger partial charge in [-0.3, -0.25) is 20.4 Å². The molecule has 9 heteroatoms. The van der Waals surface area contributed by atoms with E-state index in [2.05, 4.69) is 10.9 Å². The Bertz CT molecular complexity index is 690. The molecule has 0 aromatic heterocycles. The molecule has 0 fully saturated rings. The van der Waals surface area contributed by atoms with Crippen molar-refractivity contribution in [2.24, 2.45) is 5.92 Å². The number of halogens is 1. The summed E-state index contributed by atoms with van der Waals surface area (Å²) in [5.74, 6) is -1.01. The van der Waals surface area contributed by atoms with Gasteiger partial charge in [-0.25, -0.2) is 17.1 Å². The number of carbonyl (C=O) groups excluding carboxylic acids is 2. The van der Waals surface area contributed by atoms with E-state index in [1.54, 1.807) is 0 Å². The molecule has 2 N–H and O–H groups in total. The molecule has 0 aliphatic rings. The van der Waals surface area contributed by atoms with Crippen molar-refractivity contribution in [2.75, 3.05) is 13.6 Å². The van der Waals surface area contributed by atoms with E-state index >= 15 is 0 Å². The quantitative estimate of drug-likeness (QED) is 0.674. The highest BCUT2D eigenvalue weighted by molar-refractivity contribution is 7.89. The van der Waals surface area contributed by atoms with Crippen LogP contribution in [0.2, 0.25) is 0 Å². The number of benzene rings is 1. The van der Waals surface area contributed by atoms with Crippen LogP contribution in [0.25, 0.3) is 0 Å². The third kappa shape index (κ3) is 7.18. The van der Waals surface area contributed by atoms with E-state index < -0.39 is 21.7 Å². The molecule has 0 saturated heterocycles. The Labute approximate surface area is 147 Å². The molecule has 0 atom stereocenters. The van der Waals surface area contributed by atoms with Crippen LogP contribution in [0, 0.1) is 11.7 Å². The largest absolute Gasteiger partial charge is 0.273 e. The summed E-state index contributed by atoms with van der Waals surface area (Å²) in [6.07, 6.45) is 0.646. The minimum Gasteiger partial charge on any atom is -0.273 e. The summed E-state index contributed by atoms with van der Waals surface area (Å²) in [4.78, 5) is 23.0. The first-order valence-electron chi connectivity index (χ1n) is 7.92. The lowest BCUT2D eigenvalue weighted by Crippen LogP contribution is -2.42. The first kappa shape index (κ1) is 21.0. The van der Waals surface area contributed by atoms with Crippen LogP contribution in [0.5, 0.6) is 0 Å². The smallest absolute Gasteiger partial charge is 0.242 e. The third-order valence-corrected chi connectivity index (χ3v) is 5.20. The van der Waals surface area contributed by atoms with Crippen LogP contribution in [0.1, 0.15) is 33.1 Å². The number of rotatable bonds is 8. The number of hydrogen-bond donors (Lipinski definition) is 2. The van der Waals surface area contributed by atoms with Gasteiger partial charge in [0.05, 0.1) is 4.90 Å². The molecule has 0 spiro atoms. The molecule has 140 valence electrons. The molecule has 0 radical (unpaired) electrons. The Morgan fingerprint density at radius 1 is 1.12 bits per heavy atom. The fourth-order valence-electron chi connectivity index (χ4n) is 1.99. The van der Waals surface area contributed by atoms with E-state index in [-0.39, 0.29) is 36.1 Å². The molecule has 2 amide bonds. The fourth-order valence-corrected chi connectivity index (χ4v) is 3.20. The number of amides is 2. The van der Waals surface area contributed by atoms with E-state index in [4.69, 9.17) is 0 Å². The number of hydrogen-bond acceptors (Lipinski definition) is 4. The van der Waals surface area contributed by atoms with Gasteiger partial charge in [-0.05, 0) is 36.6 Å². The normalized spacial score (nSPS) is 11.6. The molecule has 1 rings (SSSR count). The monoisotopic (exact) mass is 373 g/mol. The first-order valence-corrected chi connectivity index (χ1v) is 9.36. The van der Waals surface area contributed by atoms with Crippen molar-refractivity contribution in [3.63, 3.8) is 0 Å². The van der Waals surface area contributed by atoms with Gasteiger partial charge in [0.25, 0.3) is 0 Å². The van der Waals surface area contributed by atoms with Crippen LogP contribution in [0.15, 0.2) is 29.2 Å². The lowest BCUT2D eigenvalue weighted by Gasteiger charge is -2.17. The van der Waals surface area contributed by atoms with Crippen molar-refractivity contribution in [1.82, 2.24) is 15.2 Å². The topological polar surface area (TPSA) is 95.6 Å². The summed E-state index contributed by atoms with van der Waals surface area (Å²) in [5.41, 5.74) is 4.60. The molecule has 0 aliphatic carbocycles. The van der Waals surface area contributed by atoms with E-state index in [1.807, 2.05) is 13.8 Å². The summed E-state index contributed by atoms with van der Waals surface area (Å²) in [6.45, 7) is 3.89. The van der Waals surface area contributed by atoms with Crippen LogP contribution >= 0.6 is 0 Å². The van der Waals surface area contributed by atoms with Gasteiger partial charge in [0.2, 0.25) is 21.8 Å². The van der Waals surface area contributed by atoms with Crippen molar-refractivity contribution in [3.05, 3.63) is 30.1 Å². The van der Waals surface area contributed by atoms with Gasteiger partial charge in [0.15, 0.2) is 0 Å². The predicted molar refractivity (Wildman–Crippen MR) is 91.2 cm³/mol. The summed E-state index contributed by atoms with van der Waals surface area (Å²) in [7, 11) is -2.34. The Kier molecular flexibility index (Phi) is 7.98. The summed E-state index contributed by atoms with van der Waals surface area (Å²) in [6, 6.07) is 4.54. The second-order valence-corrected chi connectivity index (χ2v) is 8.12. The Morgan fingerprint density at radius 3 is 2.24 bits per heavy atom. The molecule has 0 heterocycles. The number of sulfonamides is 1. The second-order valence-electron chi connectivity index (χ2n) is 6.08. The highest BCUT2D eigenvalue weighted by atomic mass is 32.2. The molecule has 0 bridgehead atoms.